The molecule has 0 saturated carbocycles. The summed E-state index contributed by atoms with van der Waals surface area (Å²) in [5, 5.41) is 1.16. The van der Waals surface area contributed by atoms with Gasteiger partial charge >= 0.3 is 104 Å². The summed E-state index contributed by atoms with van der Waals surface area (Å²) in [5.74, 6) is 0.206. The molecule has 0 aliphatic rings. The number of fused-ring (bicyclic) bond motifs is 1. The summed E-state index contributed by atoms with van der Waals surface area (Å²) in [4.78, 5) is 19.6. The van der Waals surface area contributed by atoms with Crippen molar-refractivity contribution in [3.8, 4) is 0 Å². The number of hydrogen-bond donors (Lipinski definition) is 1. The summed E-state index contributed by atoms with van der Waals surface area (Å²) in [6.07, 6.45) is 0. The van der Waals surface area contributed by atoms with Gasteiger partial charge in [-0.1, -0.05) is 0 Å². The first-order valence-corrected chi connectivity index (χ1v) is 6.99. The Hall–Kier alpha value is -1.65. The van der Waals surface area contributed by atoms with Crippen LogP contribution in [0.5, 0.6) is 0 Å². The SMILES string of the molecule is COC(=O)C[Se]c1nc(N)c2ccccc2n1. The number of nitrogen functional groups attached to an aromatic ring is 1. The van der Waals surface area contributed by atoms with Crippen LogP contribution < -0.4 is 10.5 Å². The summed E-state index contributed by atoms with van der Waals surface area (Å²) in [7, 11) is 1.37. The van der Waals surface area contributed by atoms with Crippen molar-refractivity contribution in [2.24, 2.45) is 0 Å². The molecular formula is C11H11N3O2Se. The summed E-state index contributed by atoms with van der Waals surface area (Å²) in [6.45, 7) is 0. The molecule has 0 atom stereocenters. The van der Waals surface area contributed by atoms with Gasteiger partial charge in [-0.25, -0.2) is 0 Å². The molecule has 0 saturated heterocycles. The topological polar surface area (TPSA) is 78.1 Å². The number of ether oxygens (including phenoxy) is 1. The van der Waals surface area contributed by atoms with Crippen LogP contribution in [0.2, 0.25) is 5.32 Å². The molecule has 0 amide bonds. The zero-order valence-electron chi connectivity index (χ0n) is 9.21. The summed E-state index contributed by atoms with van der Waals surface area (Å²) < 4.78 is 5.20. The van der Waals surface area contributed by atoms with Gasteiger partial charge in [-0.3, -0.25) is 0 Å². The zero-order valence-corrected chi connectivity index (χ0v) is 10.9. The van der Waals surface area contributed by atoms with Crippen LogP contribution in [0.15, 0.2) is 24.3 Å². The Kier molecular flexibility index (Phi) is 3.56. The number of nitrogens with zero attached hydrogens (tertiary/aromatic N) is 2. The van der Waals surface area contributed by atoms with E-state index in [2.05, 4.69) is 14.7 Å². The molecule has 6 heteroatoms. The maximum atomic E-state index is 11.0. The molecule has 17 heavy (non-hydrogen) atoms. The first-order valence-electron chi connectivity index (χ1n) is 4.92. The number of anilines is 1. The standard InChI is InChI=1S/C11H11N3O2Se/c1-16-9(15)6-17-11-13-8-5-3-2-4-7(8)10(12)14-11/h2-5H,6H2,1H3,(H2,12,13,14). The number of methoxy groups -OCH3 is 1. The molecule has 0 bridgehead atoms. The number of carbonyl (C=O) groups excluding carboxylic acids is 1. The summed E-state index contributed by atoms with van der Waals surface area (Å²) in [5.41, 5.74) is 6.65. The van der Waals surface area contributed by atoms with Gasteiger partial charge in [0.05, 0.1) is 0 Å². The number of para-hydroxylation sites is 1. The molecule has 0 fully saturated rings. The van der Waals surface area contributed by atoms with Crippen molar-refractivity contribution >= 4 is 42.4 Å². The van der Waals surface area contributed by atoms with Crippen LogP contribution in [0.3, 0.4) is 0 Å². The molecule has 0 aliphatic heterocycles. The average Bonchev–Trinajstić information content (AvgIpc) is 2.36. The molecule has 0 radical (unpaired) electrons. The second-order valence-electron chi connectivity index (χ2n) is 3.27. The molecule has 88 valence electrons. The Labute approximate surface area is 105 Å². The van der Waals surface area contributed by atoms with E-state index in [-0.39, 0.29) is 20.9 Å². The van der Waals surface area contributed by atoms with Gasteiger partial charge in [-0.2, -0.15) is 0 Å². The number of hydrogen-bond acceptors (Lipinski definition) is 5. The molecule has 0 aliphatic carbocycles. The Morgan fingerprint density at radius 3 is 2.94 bits per heavy atom. The van der Waals surface area contributed by atoms with Crippen molar-refractivity contribution in [2.75, 3.05) is 12.8 Å². The molecular weight excluding hydrogens is 285 g/mol. The number of rotatable bonds is 3. The van der Waals surface area contributed by atoms with Gasteiger partial charge in [0.15, 0.2) is 0 Å². The Morgan fingerprint density at radius 2 is 2.18 bits per heavy atom. The molecule has 2 N–H and O–H groups in total. The molecule has 5 nitrogen and oxygen atoms in total. The van der Waals surface area contributed by atoms with Gasteiger partial charge in [-0.15, -0.1) is 0 Å². The van der Waals surface area contributed by atoms with Crippen molar-refractivity contribution in [1.29, 1.82) is 0 Å². The van der Waals surface area contributed by atoms with E-state index in [9.17, 15) is 4.79 Å². The van der Waals surface area contributed by atoms with E-state index in [0.717, 1.165) is 10.9 Å². The van der Waals surface area contributed by atoms with Crippen molar-refractivity contribution in [3.63, 3.8) is 0 Å². The Bertz CT molecular complexity index is 559. The molecule has 0 spiro atoms. The third-order valence-electron chi connectivity index (χ3n) is 2.16. The number of carbonyl (C=O) groups is 1. The summed E-state index contributed by atoms with van der Waals surface area (Å²) in [6, 6.07) is 7.54. The Morgan fingerprint density at radius 1 is 1.41 bits per heavy atom. The van der Waals surface area contributed by atoms with Crippen LogP contribution in [0.1, 0.15) is 0 Å². The molecule has 2 rings (SSSR count). The Balaban J connectivity index is 2.27. The van der Waals surface area contributed by atoms with E-state index in [1.807, 2.05) is 24.3 Å². The predicted molar refractivity (Wildman–Crippen MR) is 66.2 cm³/mol. The monoisotopic (exact) mass is 297 g/mol. The number of esters is 1. The van der Waals surface area contributed by atoms with Gasteiger partial charge in [-0.05, 0) is 0 Å². The minimum absolute atomic E-state index is 0.148. The van der Waals surface area contributed by atoms with E-state index >= 15 is 0 Å². The maximum absolute atomic E-state index is 11.0. The van der Waals surface area contributed by atoms with E-state index in [1.54, 1.807) is 0 Å². The first-order chi connectivity index (χ1) is 8.20. The van der Waals surface area contributed by atoms with Gasteiger partial charge in [0.1, 0.15) is 0 Å². The summed E-state index contributed by atoms with van der Waals surface area (Å²) >= 11 is -0.148. The third kappa shape index (κ3) is 2.72. The van der Waals surface area contributed by atoms with Crippen molar-refractivity contribution in [2.45, 2.75) is 5.32 Å². The quantitative estimate of drug-likeness (QED) is 0.643. The van der Waals surface area contributed by atoms with Crippen molar-refractivity contribution < 1.29 is 9.53 Å². The number of benzene rings is 1. The van der Waals surface area contributed by atoms with Crippen LogP contribution in [0.4, 0.5) is 5.82 Å². The number of nitrogens with two attached hydrogens (primary N) is 1. The first kappa shape index (κ1) is 11.8. The molecule has 1 aromatic carbocycles. The van der Waals surface area contributed by atoms with E-state index in [1.165, 1.54) is 7.11 Å². The van der Waals surface area contributed by atoms with E-state index in [4.69, 9.17) is 5.73 Å². The minimum atomic E-state index is -0.250. The fourth-order valence-corrected chi connectivity index (χ4v) is 2.77. The third-order valence-corrected chi connectivity index (χ3v) is 3.88. The van der Waals surface area contributed by atoms with Gasteiger partial charge in [0.2, 0.25) is 0 Å². The number of aromatic nitrogens is 2. The van der Waals surface area contributed by atoms with Crippen LogP contribution in [0.25, 0.3) is 10.9 Å². The molecule has 0 unspecified atom stereocenters. The second-order valence-corrected chi connectivity index (χ2v) is 5.25. The fourth-order valence-electron chi connectivity index (χ4n) is 1.33. The van der Waals surface area contributed by atoms with Crippen LogP contribution >= 0.6 is 0 Å². The van der Waals surface area contributed by atoms with Gasteiger partial charge in [0.25, 0.3) is 0 Å². The second kappa shape index (κ2) is 5.12. The average molecular weight is 296 g/mol. The molecule has 1 heterocycles. The van der Waals surface area contributed by atoms with Crippen molar-refractivity contribution in [1.82, 2.24) is 9.97 Å². The van der Waals surface area contributed by atoms with Gasteiger partial charge in [0, 0.05) is 0 Å². The molecule has 2 aromatic rings. The van der Waals surface area contributed by atoms with E-state index < -0.39 is 0 Å². The molecule has 1 aromatic heterocycles. The van der Waals surface area contributed by atoms with Crippen LogP contribution in [0, 0.1) is 0 Å². The van der Waals surface area contributed by atoms with Crippen LogP contribution in [-0.2, 0) is 9.53 Å². The van der Waals surface area contributed by atoms with Gasteiger partial charge < -0.3 is 0 Å². The fraction of sp³-hybridized carbons (Fsp3) is 0.182. The zero-order chi connectivity index (χ0) is 12.3. The van der Waals surface area contributed by atoms with Crippen LogP contribution in [-0.4, -0.2) is 38.0 Å². The predicted octanol–water partition coefficient (Wildman–Crippen LogP) is 0.133. The normalized spacial score (nSPS) is 10.4. The van der Waals surface area contributed by atoms with E-state index in [0.29, 0.717) is 15.9 Å². The van der Waals surface area contributed by atoms with Crippen molar-refractivity contribution in [3.05, 3.63) is 24.3 Å².